The van der Waals surface area contributed by atoms with E-state index < -0.39 is 5.97 Å². The lowest BCUT2D eigenvalue weighted by atomic mass is 10.0. The highest BCUT2D eigenvalue weighted by atomic mass is 16.4. The fraction of sp³-hybridized carbons (Fsp3) is 0.762. The minimum absolute atomic E-state index is 0.280. The minimum Gasteiger partial charge on any atom is -0.481 e. The van der Waals surface area contributed by atoms with Crippen LogP contribution in [-0.2, 0) is 4.79 Å². The van der Waals surface area contributed by atoms with Crippen LogP contribution in [0.2, 0.25) is 0 Å². The Morgan fingerprint density at radius 2 is 1.22 bits per heavy atom. The van der Waals surface area contributed by atoms with E-state index in [1.165, 1.54) is 51.4 Å². The second-order valence-corrected chi connectivity index (χ2v) is 6.90. The minimum atomic E-state index is -0.697. The predicted molar refractivity (Wildman–Crippen MR) is 101 cm³/mol. The first-order chi connectivity index (χ1) is 11.1. The van der Waals surface area contributed by atoms with Gasteiger partial charge in [0.25, 0.3) is 0 Å². The fourth-order valence-electron chi connectivity index (χ4n) is 2.56. The van der Waals surface area contributed by atoms with E-state index in [0.29, 0.717) is 0 Å². The van der Waals surface area contributed by atoms with Crippen molar-refractivity contribution < 1.29 is 9.90 Å². The standard InChI is InChI=1S/C21H38O2/c1-20(2)18-16-14-12-10-8-6-4-3-5-7-9-11-13-15-17-19-21(22)23/h3,5,11,13,20H,4,6-10,12,14-19H2,1-2H3,(H,22,23)/b5-3+,13-11+. The molecule has 0 saturated carbocycles. The largest absolute Gasteiger partial charge is 0.481 e. The third-order valence-corrected chi connectivity index (χ3v) is 4.00. The quantitative estimate of drug-likeness (QED) is 0.247. The molecule has 0 aliphatic heterocycles. The summed E-state index contributed by atoms with van der Waals surface area (Å²) in [6, 6.07) is 0. The number of unbranched alkanes of at least 4 members (excludes halogenated alkanes) is 8. The summed E-state index contributed by atoms with van der Waals surface area (Å²) in [5, 5.41) is 8.52. The first-order valence-electron chi connectivity index (χ1n) is 9.64. The molecule has 1 N–H and O–H groups in total. The maximum atomic E-state index is 10.3. The Balaban J connectivity index is 3.19. The van der Waals surface area contributed by atoms with Gasteiger partial charge in [0.05, 0.1) is 0 Å². The molecule has 0 atom stereocenters. The van der Waals surface area contributed by atoms with Gasteiger partial charge in [-0.05, 0) is 44.4 Å². The van der Waals surface area contributed by atoms with Gasteiger partial charge in [-0.3, -0.25) is 4.79 Å². The Labute approximate surface area is 144 Å². The van der Waals surface area contributed by atoms with Gasteiger partial charge in [0.1, 0.15) is 0 Å². The lowest BCUT2D eigenvalue weighted by Crippen LogP contribution is -1.92. The van der Waals surface area contributed by atoms with Gasteiger partial charge in [0.15, 0.2) is 0 Å². The average Bonchev–Trinajstić information content (AvgIpc) is 2.49. The Kier molecular flexibility index (Phi) is 16.5. The zero-order valence-electron chi connectivity index (χ0n) is 15.4. The molecule has 0 rings (SSSR count). The summed E-state index contributed by atoms with van der Waals surface area (Å²) in [6.07, 6.45) is 23.9. The van der Waals surface area contributed by atoms with Crippen molar-refractivity contribution >= 4 is 5.97 Å². The number of carboxylic acid groups (broad SMARTS) is 1. The van der Waals surface area contributed by atoms with E-state index in [-0.39, 0.29) is 6.42 Å². The molecule has 0 aromatic rings. The fourth-order valence-corrected chi connectivity index (χ4v) is 2.56. The molecule has 0 aliphatic rings. The molecule has 23 heavy (non-hydrogen) atoms. The van der Waals surface area contributed by atoms with Crippen molar-refractivity contribution in [2.75, 3.05) is 0 Å². The molecular formula is C21H38O2. The molecule has 134 valence electrons. The predicted octanol–water partition coefficient (Wildman–Crippen LogP) is 6.91. The Morgan fingerprint density at radius 3 is 1.78 bits per heavy atom. The average molecular weight is 323 g/mol. The summed E-state index contributed by atoms with van der Waals surface area (Å²) < 4.78 is 0. The third-order valence-electron chi connectivity index (χ3n) is 4.00. The van der Waals surface area contributed by atoms with Crippen LogP contribution in [0.4, 0.5) is 0 Å². The number of hydrogen-bond donors (Lipinski definition) is 1. The van der Waals surface area contributed by atoms with E-state index in [9.17, 15) is 4.79 Å². The highest BCUT2D eigenvalue weighted by molar-refractivity contribution is 5.66. The van der Waals surface area contributed by atoms with Crippen LogP contribution in [0.1, 0.15) is 97.3 Å². The highest BCUT2D eigenvalue weighted by Gasteiger charge is 1.94. The second kappa shape index (κ2) is 17.3. The van der Waals surface area contributed by atoms with Gasteiger partial charge in [0, 0.05) is 6.42 Å². The molecule has 0 radical (unpaired) electrons. The number of aliphatic carboxylic acids is 1. The topological polar surface area (TPSA) is 37.3 Å². The van der Waals surface area contributed by atoms with E-state index in [0.717, 1.165) is 31.6 Å². The van der Waals surface area contributed by atoms with Crippen molar-refractivity contribution in [3.8, 4) is 0 Å². The third kappa shape index (κ3) is 21.0. The first-order valence-corrected chi connectivity index (χ1v) is 9.64. The van der Waals surface area contributed by atoms with Crippen LogP contribution in [0.3, 0.4) is 0 Å². The van der Waals surface area contributed by atoms with Crippen LogP contribution in [0.15, 0.2) is 24.3 Å². The Bertz CT molecular complexity index is 316. The SMILES string of the molecule is CC(C)CCCCCCCC/C=C/CC/C=C/CCCC(=O)O. The van der Waals surface area contributed by atoms with Crippen molar-refractivity contribution in [3.05, 3.63) is 24.3 Å². The molecule has 0 saturated heterocycles. The van der Waals surface area contributed by atoms with Gasteiger partial charge in [-0.1, -0.05) is 76.7 Å². The number of hydrogen-bond acceptors (Lipinski definition) is 1. The van der Waals surface area contributed by atoms with E-state index in [1.807, 2.05) is 0 Å². The van der Waals surface area contributed by atoms with Crippen molar-refractivity contribution in [2.45, 2.75) is 97.3 Å². The van der Waals surface area contributed by atoms with Crippen LogP contribution in [0.5, 0.6) is 0 Å². The highest BCUT2D eigenvalue weighted by Crippen LogP contribution is 2.12. The first kappa shape index (κ1) is 21.9. The molecule has 0 heterocycles. The molecule has 0 aromatic carbocycles. The summed E-state index contributed by atoms with van der Waals surface area (Å²) in [5.41, 5.74) is 0. The number of carbonyl (C=O) groups is 1. The van der Waals surface area contributed by atoms with Crippen molar-refractivity contribution in [1.29, 1.82) is 0 Å². The normalized spacial score (nSPS) is 12.0. The van der Waals surface area contributed by atoms with E-state index >= 15 is 0 Å². The number of carboxylic acids is 1. The van der Waals surface area contributed by atoms with Crippen LogP contribution in [0.25, 0.3) is 0 Å². The molecule has 0 fully saturated rings. The summed E-state index contributed by atoms with van der Waals surface area (Å²) in [7, 11) is 0. The van der Waals surface area contributed by atoms with E-state index in [2.05, 4.69) is 38.2 Å². The van der Waals surface area contributed by atoms with Crippen molar-refractivity contribution in [2.24, 2.45) is 5.92 Å². The molecule has 0 spiro atoms. The Morgan fingerprint density at radius 1 is 0.739 bits per heavy atom. The number of rotatable bonds is 16. The molecule has 0 aromatic heterocycles. The zero-order chi connectivity index (χ0) is 17.2. The summed E-state index contributed by atoms with van der Waals surface area (Å²) in [4.78, 5) is 10.3. The maximum absolute atomic E-state index is 10.3. The summed E-state index contributed by atoms with van der Waals surface area (Å²) in [5.74, 6) is 0.164. The van der Waals surface area contributed by atoms with Crippen molar-refractivity contribution in [1.82, 2.24) is 0 Å². The van der Waals surface area contributed by atoms with Crippen LogP contribution in [-0.4, -0.2) is 11.1 Å². The molecule has 0 aliphatic carbocycles. The molecule has 2 heteroatoms. The molecule has 0 bridgehead atoms. The smallest absolute Gasteiger partial charge is 0.303 e. The van der Waals surface area contributed by atoms with Gasteiger partial charge in [-0.25, -0.2) is 0 Å². The van der Waals surface area contributed by atoms with Crippen LogP contribution in [0, 0.1) is 5.92 Å². The van der Waals surface area contributed by atoms with E-state index in [1.54, 1.807) is 0 Å². The van der Waals surface area contributed by atoms with Crippen molar-refractivity contribution in [3.63, 3.8) is 0 Å². The number of allylic oxidation sites excluding steroid dienone is 4. The lowest BCUT2D eigenvalue weighted by molar-refractivity contribution is -0.137. The van der Waals surface area contributed by atoms with Gasteiger partial charge in [0.2, 0.25) is 0 Å². The Hall–Kier alpha value is -1.05. The summed E-state index contributed by atoms with van der Waals surface area (Å²) in [6.45, 7) is 4.61. The van der Waals surface area contributed by atoms with Crippen LogP contribution < -0.4 is 0 Å². The van der Waals surface area contributed by atoms with Gasteiger partial charge < -0.3 is 5.11 Å². The molecule has 2 nitrogen and oxygen atoms in total. The van der Waals surface area contributed by atoms with Crippen LogP contribution >= 0.6 is 0 Å². The van der Waals surface area contributed by atoms with Gasteiger partial charge in [-0.2, -0.15) is 0 Å². The monoisotopic (exact) mass is 322 g/mol. The maximum Gasteiger partial charge on any atom is 0.303 e. The van der Waals surface area contributed by atoms with Gasteiger partial charge in [-0.15, -0.1) is 0 Å². The molecule has 0 amide bonds. The molecular weight excluding hydrogens is 284 g/mol. The lowest BCUT2D eigenvalue weighted by Gasteiger charge is -2.03. The zero-order valence-corrected chi connectivity index (χ0v) is 15.4. The van der Waals surface area contributed by atoms with E-state index in [4.69, 9.17) is 5.11 Å². The van der Waals surface area contributed by atoms with Gasteiger partial charge >= 0.3 is 5.97 Å². The summed E-state index contributed by atoms with van der Waals surface area (Å²) >= 11 is 0. The second-order valence-electron chi connectivity index (χ2n) is 6.90. The molecule has 0 unspecified atom stereocenters.